The summed E-state index contributed by atoms with van der Waals surface area (Å²) in [6.45, 7) is 6.22. The van der Waals surface area contributed by atoms with Crippen LogP contribution in [0, 0.1) is 6.92 Å². The number of ether oxygens (including phenoxy) is 1. The van der Waals surface area contributed by atoms with Gasteiger partial charge in [0, 0.05) is 6.61 Å². The molecule has 2 nitrogen and oxygen atoms in total. The van der Waals surface area contributed by atoms with Gasteiger partial charge in [-0.2, -0.15) is 0 Å². The first-order chi connectivity index (χ1) is 6.16. The molecular formula is C10H14O2S. The van der Waals surface area contributed by atoms with Crippen LogP contribution in [0.3, 0.4) is 0 Å². The molecule has 0 aromatic carbocycles. The molecular weight excluding hydrogens is 184 g/mol. The van der Waals surface area contributed by atoms with Crippen LogP contribution in [0.5, 0.6) is 0 Å². The summed E-state index contributed by atoms with van der Waals surface area (Å²) in [5.74, 6) is 0.0920. The lowest BCUT2D eigenvalue weighted by Gasteiger charge is -2.09. The fourth-order valence-corrected chi connectivity index (χ4v) is 2.08. The lowest BCUT2D eigenvalue weighted by atomic mass is 10.1. The second-order valence-electron chi connectivity index (χ2n) is 2.89. The Hall–Kier alpha value is -0.670. The first-order valence-corrected chi connectivity index (χ1v) is 5.24. The maximum absolute atomic E-state index is 11.7. The van der Waals surface area contributed by atoms with E-state index >= 15 is 0 Å². The molecule has 1 aromatic heterocycles. The molecule has 3 heteroatoms. The number of hydrogen-bond donors (Lipinski definition) is 0. The minimum Gasteiger partial charge on any atom is -0.371 e. The third-order valence-corrected chi connectivity index (χ3v) is 2.90. The van der Waals surface area contributed by atoms with Gasteiger partial charge in [-0.05, 0) is 37.8 Å². The van der Waals surface area contributed by atoms with E-state index in [0.717, 1.165) is 10.4 Å². The van der Waals surface area contributed by atoms with Crippen molar-refractivity contribution in [3.05, 3.63) is 21.9 Å². The fraction of sp³-hybridized carbons (Fsp3) is 0.500. The Morgan fingerprint density at radius 1 is 1.69 bits per heavy atom. The second-order valence-corrected chi connectivity index (χ2v) is 3.81. The van der Waals surface area contributed by atoms with Gasteiger partial charge in [-0.1, -0.05) is 0 Å². The van der Waals surface area contributed by atoms with Crippen molar-refractivity contribution in [2.45, 2.75) is 26.9 Å². The van der Waals surface area contributed by atoms with Crippen molar-refractivity contribution in [1.29, 1.82) is 0 Å². The van der Waals surface area contributed by atoms with E-state index in [0.29, 0.717) is 6.61 Å². The molecule has 1 unspecified atom stereocenters. The number of carbonyl (C=O) groups excluding carboxylic acids is 1. The van der Waals surface area contributed by atoms with E-state index in [2.05, 4.69) is 0 Å². The minimum absolute atomic E-state index is 0.0920. The van der Waals surface area contributed by atoms with Crippen LogP contribution < -0.4 is 0 Å². The van der Waals surface area contributed by atoms with Crippen molar-refractivity contribution in [3.63, 3.8) is 0 Å². The van der Waals surface area contributed by atoms with Gasteiger partial charge >= 0.3 is 0 Å². The summed E-state index contributed by atoms with van der Waals surface area (Å²) >= 11 is 1.48. The highest BCUT2D eigenvalue weighted by Crippen LogP contribution is 2.18. The maximum atomic E-state index is 11.7. The predicted octanol–water partition coefficient (Wildman–Crippen LogP) is 2.66. The van der Waals surface area contributed by atoms with E-state index in [4.69, 9.17) is 4.74 Å². The molecule has 0 aliphatic rings. The van der Waals surface area contributed by atoms with Crippen molar-refractivity contribution in [3.8, 4) is 0 Å². The molecule has 0 bridgehead atoms. The first-order valence-electron chi connectivity index (χ1n) is 4.36. The van der Waals surface area contributed by atoms with Gasteiger partial charge in [0.25, 0.3) is 0 Å². The molecule has 1 rings (SSSR count). The molecule has 0 saturated heterocycles. The number of rotatable bonds is 4. The number of Topliss-reactive ketones (excluding diaryl/α,β-unsaturated/α-hetero) is 1. The number of carbonyl (C=O) groups is 1. The van der Waals surface area contributed by atoms with Gasteiger partial charge in [-0.25, -0.2) is 0 Å². The minimum atomic E-state index is -0.317. The molecule has 0 aliphatic heterocycles. The summed E-state index contributed by atoms with van der Waals surface area (Å²) < 4.78 is 5.24. The highest BCUT2D eigenvalue weighted by atomic mass is 32.1. The van der Waals surface area contributed by atoms with Crippen molar-refractivity contribution in [2.24, 2.45) is 0 Å². The first kappa shape index (κ1) is 10.4. The summed E-state index contributed by atoms with van der Waals surface area (Å²) in [5, 5.41) is 1.93. The van der Waals surface area contributed by atoms with Gasteiger partial charge in [-0.15, -0.1) is 11.3 Å². The average Bonchev–Trinajstić information content (AvgIpc) is 2.50. The van der Waals surface area contributed by atoms with E-state index in [1.807, 2.05) is 25.3 Å². The van der Waals surface area contributed by atoms with Crippen LogP contribution in [0.25, 0.3) is 0 Å². The van der Waals surface area contributed by atoms with E-state index < -0.39 is 0 Å². The molecule has 0 amide bonds. The zero-order valence-corrected chi connectivity index (χ0v) is 8.98. The lowest BCUT2D eigenvalue weighted by Crippen LogP contribution is -2.20. The van der Waals surface area contributed by atoms with Crippen LogP contribution in [0.2, 0.25) is 0 Å². The highest BCUT2D eigenvalue weighted by Gasteiger charge is 2.17. The molecule has 72 valence electrons. The van der Waals surface area contributed by atoms with Crippen LogP contribution >= 0.6 is 11.3 Å². The summed E-state index contributed by atoms with van der Waals surface area (Å²) in [6, 6.07) is 1.95. The summed E-state index contributed by atoms with van der Waals surface area (Å²) in [4.78, 5) is 12.5. The zero-order valence-electron chi connectivity index (χ0n) is 8.16. The van der Waals surface area contributed by atoms with E-state index in [-0.39, 0.29) is 11.9 Å². The molecule has 0 spiro atoms. The Morgan fingerprint density at radius 3 is 2.85 bits per heavy atom. The topological polar surface area (TPSA) is 26.3 Å². The molecule has 0 N–H and O–H groups in total. The zero-order chi connectivity index (χ0) is 9.84. The summed E-state index contributed by atoms with van der Waals surface area (Å²) in [6.07, 6.45) is -0.317. The number of ketones is 1. The third kappa shape index (κ3) is 2.39. The number of aryl methyl sites for hydroxylation is 1. The monoisotopic (exact) mass is 198 g/mol. The normalized spacial score (nSPS) is 12.8. The van der Waals surface area contributed by atoms with Gasteiger partial charge in [-0.3, -0.25) is 4.79 Å². The molecule has 1 aromatic rings. The van der Waals surface area contributed by atoms with Gasteiger partial charge in [0.15, 0.2) is 0 Å². The molecule has 13 heavy (non-hydrogen) atoms. The fourth-order valence-electron chi connectivity index (χ4n) is 1.14. The number of thiophene rings is 1. The van der Waals surface area contributed by atoms with Crippen molar-refractivity contribution in [2.75, 3.05) is 6.61 Å². The van der Waals surface area contributed by atoms with Crippen LogP contribution in [0.1, 0.15) is 29.1 Å². The summed E-state index contributed by atoms with van der Waals surface area (Å²) in [7, 11) is 0. The largest absolute Gasteiger partial charge is 0.371 e. The second kappa shape index (κ2) is 4.53. The molecule has 0 saturated carbocycles. The molecule has 0 radical (unpaired) electrons. The van der Waals surface area contributed by atoms with Crippen LogP contribution in [-0.4, -0.2) is 18.5 Å². The van der Waals surface area contributed by atoms with E-state index in [9.17, 15) is 4.79 Å². The molecule has 1 heterocycles. The third-order valence-electron chi connectivity index (χ3n) is 1.87. The Balaban J connectivity index is 2.73. The van der Waals surface area contributed by atoms with Gasteiger partial charge < -0.3 is 4.74 Å². The molecule has 0 aliphatic carbocycles. The SMILES string of the molecule is CCOC(C)C(=O)c1sccc1C. The number of hydrogen-bond acceptors (Lipinski definition) is 3. The van der Waals surface area contributed by atoms with Crippen molar-refractivity contribution in [1.82, 2.24) is 0 Å². The molecule has 1 atom stereocenters. The van der Waals surface area contributed by atoms with Gasteiger partial charge in [0.1, 0.15) is 6.10 Å². The Labute approximate surface area is 82.5 Å². The predicted molar refractivity (Wildman–Crippen MR) is 54.5 cm³/mol. The van der Waals surface area contributed by atoms with Crippen molar-refractivity contribution < 1.29 is 9.53 Å². The quantitative estimate of drug-likeness (QED) is 0.695. The van der Waals surface area contributed by atoms with E-state index in [1.54, 1.807) is 6.92 Å². The standard InChI is InChI=1S/C10H14O2S/c1-4-12-8(3)9(11)10-7(2)5-6-13-10/h5-6,8H,4H2,1-3H3. The van der Waals surface area contributed by atoms with Gasteiger partial charge in [0.2, 0.25) is 5.78 Å². The van der Waals surface area contributed by atoms with Crippen LogP contribution in [-0.2, 0) is 4.74 Å². The Bertz CT molecular complexity index is 291. The summed E-state index contributed by atoms with van der Waals surface area (Å²) in [5.41, 5.74) is 1.04. The van der Waals surface area contributed by atoms with Crippen LogP contribution in [0.4, 0.5) is 0 Å². The highest BCUT2D eigenvalue weighted by molar-refractivity contribution is 7.12. The molecule has 0 fully saturated rings. The van der Waals surface area contributed by atoms with Crippen LogP contribution in [0.15, 0.2) is 11.4 Å². The van der Waals surface area contributed by atoms with Gasteiger partial charge in [0.05, 0.1) is 4.88 Å². The Morgan fingerprint density at radius 2 is 2.38 bits per heavy atom. The van der Waals surface area contributed by atoms with Crippen molar-refractivity contribution >= 4 is 17.1 Å². The smallest absolute Gasteiger partial charge is 0.201 e. The van der Waals surface area contributed by atoms with E-state index in [1.165, 1.54) is 11.3 Å². The lowest BCUT2D eigenvalue weighted by molar-refractivity contribution is 0.0524. The average molecular weight is 198 g/mol. The Kier molecular flexibility index (Phi) is 3.63. The maximum Gasteiger partial charge on any atom is 0.201 e.